The van der Waals surface area contributed by atoms with Crippen LogP contribution in [0.15, 0.2) is 0 Å². The first kappa shape index (κ1) is 11.1. The predicted molar refractivity (Wildman–Crippen MR) is 69.3 cm³/mol. The fraction of sp³-hybridized carbons (Fsp3) is 1.00. The molecule has 5 aliphatic carbocycles. The first-order valence-corrected chi connectivity index (χ1v) is 7.08. The normalized spacial score (nSPS) is 44.6. The molecule has 16 heavy (non-hydrogen) atoms. The van der Waals surface area contributed by atoms with Crippen molar-refractivity contribution >= 4 is 0 Å². The standard InChI is InChI=1S/C16H28/c1-12(2,3)16(13(4,5)6)11-14-7-8-15(16,9-14)10-14/h7-11H2,1-6H3. The smallest absolute Gasteiger partial charge is 0.0138 e. The highest BCUT2D eigenvalue weighted by Crippen LogP contribution is 2.89. The number of rotatable bonds is 0. The molecule has 0 nitrogen and oxygen atoms in total. The molecule has 0 heterocycles. The van der Waals surface area contributed by atoms with Crippen LogP contribution in [-0.2, 0) is 0 Å². The van der Waals surface area contributed by atoms with Gasteiger partial charge in [0.15, 0.2) is 0 Å². The van der Waals surface area contributed by atoms with Crippen LogP contribution >= 0.6 is 0 Å². The van der Waals surface area contributed by atoms with Crippen molar-refractivity contribution in [1.29, 1.82) is 0 Å². The Kier molecular flexibility index (Phi) is 1.67. The second kappa shape index (κ2) is 2.40. The third-order valence-corrected chi connectivity index (χ3v) is 6.67. The Bertz CT molecular complexity index is 314. The fourth-order valence-corrected chi connectivity index (χ4v) is 6.97. The summed E-state index contributed by atoms with van der Waals surface area (Å²) in [6, 6.07) is 0. The van der Waals surface area contributed by atoms with Gasteiger partial charge in [-0.1, -0.05) is 41.5 Å². The lowest BCUT2D eigenvalue weighted by Gasteiger charge is -2.60. The minimum atomic E-state index is 0.462. The predicted octanol–water partition coefficient (Wildman–Crippen LogP) is 5.03. The topological polar surface area (TPSA) is 0 Å². The van der Waals surface area contributed by atoms with Crippen molar-refractivity contribution < 1.29 is 0 Å². The van der Waals surface area contributed by atoms with E-state index in [1.807, 2.05) is 0 Å². The van der Waals surface area contributed by atoms with E-state index in [0.717, 1.165) is 10.8 Å². The van der Waals surface area contributed by atoms with Gasteiger partial charge in [0, 0.05) is 0 Å². The zero-order chi connectivity index (χ0) is 12.0. The van der Waals surface area contributed by atoms with Crippen molar-refractivity contribution in [2.45, 2.75) is 73.6 Å². The number of hydrogen-bond donors (Lipinski definition) is 0. The van der Waals surface area contributed by atoms with Gasteiger partial charge in [-0.3, -0.25) is 0 Å². The van der Waals surface area contributed by atoms with E-state index in [-0.39, 0.29) is 0 Å². The monoisotopic (exact) mass is 220 g/mol. The Balaban J connectivity index is 2.15. The summed E-state index contributed by atoms with van der Waals surface area (Å²) in [7, 11) is 0. The molecular weight excluding hydrogens is 192 g/mol. The van der Waals surface area contributed by atoms with Crippen molar-refractivity contribution in [3.05, 3.63) is 0 Å². The molecule has 0 unspecified atom stereocenters. The van der Waals surface area contributed by atoms with Gasteiger partial charge in [-0.25, -0.2) is 0 Å². The quantitative estimate of drug-likeness (QED) is 0.537. The molecular formula is C16H28. The molecule has 0 spiro atoms. The summed E-state index contributed by atoms with van der Waals surface area (Å²) in [5.74, 6) is 0. The molecule has 0 aliphatic heterocycles. The summed E-state index contributed by atoms with van der Waals surface area (Å²) < 4.78 is 0. The highest BCUT2D eigenvalue weighted by Gasteiger charge is 2.81. The third kappa shape index (κ3) is 0.875. The van der Waals surface area contributed by atoms with Crippen molar-refractivity contribution in [2.75, 3.05) is 0 Å². The summed E-state index contributed by atoms with van der Waals surface area (Å²) in [6.45, 7) is 15.0. The molecule has 0 aromatic carbocycles. The molecule has 0 amide bonds. The Morgan fingerprint density at radius 2 is 1.19 bits per heavy atom. The maximum Gasteiger partial charge on any atom is -0.0138 e. The lowest BCUT2D eigenvalue weighted by molar-refractivity contribution is -0.117. The van der Waals surface area contributed by atoms with E-state index < -0.39 is 0 Å². The van der Waals surface area contributed by atoms with Crippen molar-refractivity contribution in [3.8, 4) is 0 Å². The largest absolute Gasteiger partial charge is 0.0596 e. The van der Waals surface area contributed by atoms with Gasteiger partial charge in [-0.2, -0.15) is 0 Å². The molecule has 0 heteroatoms. The molecule has 5 saturated carbocycles. The van der Waals surface area contributed by atoms with Gasteiger partial charge >= 0.3 is 0 Å². The molecule has 0 aromatic heterocycles. The van der Waals surface area contributed by atoms with E-state index in [4.69, 9.17) is 0 Å². The Labute approximate surface area is 101 Å². The number of hydrogen-bond acceptors (Lipinski definition) is 0. The summed E-state index contributed by atoms with van der Waals surface area (Å²) >= 11 is 0. The Morgan fingerprint density at radius 3 is 1.38 bits per heavy atom. The Morgan fingerprint density at radius 1 is 0.688 bits per heavy atom. The van der Waals surface area contributed by atoms with Crippen LogP contribution in [0.2, 0.25) is 0 Å². The van der Waals surface area contributed by atoms with Crippen molar-refractivity contribution in [3.63, 3.8) is 0 Å². The lowest BCUT2D eigenvalue weighted by Crippen LogP contribution is -2.53. The van der Waals surface area contributed by atoms with E-state index in [2.05, 4.69) is 41.5 Å². The van der Waals surface area contributed by atoms with Crippen LogP contribution < -0.4 is 0 Å². The highest BCUT2D eigenvalue weighted by molar-refractivity contribution is 5.30. The zero-order valence-corrected chi connectivity index (χ0v) is 12.0. The van der Waals surface area contributed by atoms with Crippen LogP contribution in [-0.4, -0.2) is 0 Å². The minimum Gasteiger partial charge on any atom is -0.0596 e. The maximum absolute atomic E-state index is 2.50. The molecule has 0 aromatic rings. The van der Waals surface area contributed by atoms with Crippen LogP contribution in [0.5, 0.6) is 0 Å². The van der Waals surface area contributed by atoms with Gasteiger partial charge < -0.3 is 0 Å². The fourth-order valence-electron chi connectivity index (χ4n) is 6.97. The minimum absolute atomic E-state index is 0.462. The van der Waals surface area contributed by atoms with Gasteiger partial charge in [-0.05, 0) is 59.2 Å². The summed E-state index contributed by atoms with van der Waals surface area (Å²) in [5, 5.41) is 0. The first-order valence-electron chi connectivity index (χ1n) is 7.08. The zero-order valence-electron chi connectivity index (χ0n) is 12.0. The lowest BCUT2D eigenvalue weighted by atomic mass is 9.44. The van der Waals surface area contributed by atoms with Crippen LogP contribution in [0.1, 0.15) is 73.6 Å². The van der Waals surface area contributed by atoms with E-state index >= 15 is 0 Å². The van der Waals surface area contributed by atoms with Crippen LogP contribution in [0.4, 0.5) is 0 Å². The molecule has 5 fully saturated rings. The molecule has 5 rings (SSSR count). The SMILES string of the molecule is CC(C)(C)C1(C(C)(C)C)CC23CCC1(C2)C3. The van der Waals surface area contributed by atoms with Gasteiger partial charge in [-0.15, -0.1) is 0 Å². The molecule has 5 aliphatic rings. The van der Waals surface area contributed by atoms with Crippen LogP contribution in [0.25, 0.3) is 0 Å². The number of fused-ring (bicyclic) bond motifs is 2. The second-order valence-corrected chi connectivity index (χ2v) is 9.22. The molecule has 0 atom stereocenters. The molecule has 0 N–H and O–H groups in total. The summed E-state index contributed by atoms with van der Waals surface area (Å²) in [6.07, 6.45) is 7.72. The average molecular weight is 220 g/mol. The van der Waals surface area contributed by atoms with Crippen LogP contribution in [0.3, 0.4) is 0 Å². The average Bonchev–Trinajstić information content (AvgIpc) is 2.63. The molecule has 92 valence electrons. The van der Waals surface area contributed by atoms with Gasteiger partial charge in [0.2, 0.25) is 0 Å². The van der Waals surface area contributed by atoms with Gasteiger partial charge in [0.1, 0.15) is 0 Å². The van der Waals surface area contributed by atoms with E-state index in [1.165, 1.54) is 12.8 Å². The van der Waals surface area contributed by atoms with Gasteiger partial charge in [0.05, 0.1) is 0 Å². The summed E-state index contributed by atoms with van der Waals surface area (Å²) in [4.78, 5) is 0. The molecule has 2 bridgehead atoms. The van der Waals surface area contributed by atoms with Crippen molar-refractivity contribution in [2.24, 2.45) is 27.1 Å². The Hall–Kier alpha value is 0. The van der Waals surface area contributed by atoms with Gasteiger partial charge in [0.25, 0.3) is 0 Å². The van der Waals surface area contributed by atoms with E-state index in [0.29, 0.717) is 16.2 Å². The third-order valence-electron chi connectivity index (χ3n) is 6.67. The summed E-state index contributed by atoms with van der Waals surface area (Å²) in [5.41, 5.74) is 3.03. The van der Waals surface area contributed by atoms with Crippen molar-refractivity contribution in [1.82, 2.24) is 0 Å². The second-order valence-electron chi connectivity index (χ2n) is 9.22. The first-order chi connectivity index (χ1) is 7.08. The van der Waals surface area contributed by atoms with E-state index in [9.17, 15) is 0 Å². The maximum atomic E-state index is 2.50. The van der Waals surface area contributed by atoms with Crippen LogP contribution in [0, 0.1) is 27.1 Å². The van der Waals surface area contributed by atoms with E-state index in [1.54, 1.807) is 19.3 Å². The molecule has 0 saturated heterocycles. The highest BCUT2D eigenvalue weighted by atomic mass is 14.8. The molecule has 0 radical (unpaired) electrons.